The maximum Gasteiger partial charge on any atom is 0.348 e. The van der Waals surface area contributed by atoms with E-state index in [-0.39, 0.29) is 12.2 Å². The molecule has 7 heteroatoms. The summed E-state index contributed by atoms with van der Waals surface area (Å²) in [7, 11) is 0. The minimum atomic E-state index is -0.901. The van der Waals surface area contributed by atoms with E-state index in [1.54, 1.807) is 12.4 Å². The van der Waals surface area contributed by atoms with E-state index in [1.165, 1.54) is 16.9 Å². The lowest BCUT2D eigenvalue weighted by Crippen LogP contribution is -2.34. The first-order valence-corrected chi connectivity index (χ1v) is 6.14. The molecule has 1 saturated heterocycles. The SMILES string of the molecule is CC1(C)COC(=O)[C@@H]1OC(=O)c1cnn2ccncc12. The molecule has 0 amide bonds. The summed E-state index contributed by atoms with van der Waals surface area (Å²) in [4.78, 5) is 27.8. The molecule has 1 atom stereocenters. The Morgan fingerprint density at radius 3 is 3.00 bits per heavy atom. The van der Waals surface area contributed by atoms with E-state index in [9.17, 15) is 9.59 Å². The van der Waals surface area contributed by atoms with E-state index in [2.05, 4.69) is 10.1 Å². The van der Waals surface area contributed by atoms with E-state index in [1.807, 2.05) is 13.8 Å². The highest BCUT2D eigenvalue weighted by atomic mass is 16.6. The topological polar surface area (TPSA) is 82.8 Å². The summed E-state index contributed by atoms with van der Waals surface area (Å²) >= 11 is 0. The van der Waals surface area contributed by atoms with Crippen LogP contribution >= 0.6 is 0 Å². The normalized spacial score (nSPS) is 20.9. The molecule has 0 saturated carbocycles. The fraction of sp³-hybridized carbons (Fsp3) is 0.385. The monoisotopic (exact) mass is 275 g/mol. The fourth-order valence-corrected chi connectivity index (χ4v) is 2.10. The molecule has 0 aromatic carbocycles. The smallest absolute Gasteiger partial charge is 0.348 e. The molecule has 0 N–H and O–H groups in total. The average molecular weight is 275 g/mol. The van der Waals surface area contributed by atoms with Gasteiger partial charge in [0.05, 0.1) is 17.9 Å². The standard InChI is InChI=1S/C13H13N3O4/c1-13(2)7-19-12(18)10(13)20-11(17)8-5-15-16-4-3-14-6-9(8)16/h3-6,10H,7H2,1-2H3/t10-/m0/s1. The molecule has 1 aliphatic rings. The van der Waals surface area contributed by atoms with Gasteiger partial charge in [-0.15, -0.1) is 0 Å². The van der Waals surface area contributed by atoms with Crippen LogP contribution in [0.2, 0.25) is 0 Å². The van der Waals surface area contributed by atoms with Gasteiger partial charge in [0, 0.05) is 17.8 Å². The van der Waals surface area contributed by atoms with Gasteiger partial charge in [0.1, 0.15) is 12.2 Å². The number of rotatable bonds is 2. The molecule has 0 bridgehead atoms. The van der Waals surface area contributed by atoms with Gasteiger partial charge in [-0.2, -0.15) is 5.10 Å². The molecular weight excluding hydrogens is 262 g/mol. The number of carbonyl (C=O) groups excluding carboxylic acids is 2. The number of hydrogen-bond donors (Lipinski definition) is 0. The molecule has 2 aromatic heterocycles. The Labute approximate surface area is 114 Å². The van der Waals surface area contributed by atoms with E-state index < -0.39 is 23.5 Å². The largest absolute Gasteiger partial charge is 0.462 e. The first-order valence-electron chi connectivity index (χ1n) is 6.14. The second-order valence-electron chi connectivity index (χ2n) is 5.35. The molecule has 2 aromatic rings. The highest BCUT2D eigenvalue weighted by Gasteiger charge is 2.46. The molecule has 1 fully saturated rings. The van der Waals surface area contributed by atoms with E-state index >= 15 is 0 Å². The Kier molecular flexibility index (Phi) is 2.70. The third kappa shape index (κ3) is 1.91. The molecule has 0 unspecified atom stereocenters. The zero-order valence-corrected chi connectivity index (χ0v) is 11.1. The van der Waals surface area contributed by atoms with Crippen molar-refractivity contribution < 1.29 is 19.1 Å². The maximum atomic E-state index is 12.2. The highest BCUT2D eigenvalue weighted by molar-refractivity contribution is 5.98. The molecule has 0 aliphatic carbocycles. The first kappa shape index (κ1) is 12.6. The highest BCUT2D eigenvalue weighted by Crippen LogP contribution is 2.31. The van der Waals surface area contributed by atoms with Crippen LogP contribution in [0.1, 0.15) is 24.2 Å². The number of esters is 2. The quantitative estimate of drug-likeness (QED) is 0.755. The Hall–Kier alpha value is -2.44. The van der Waals surface area contributed by atoms with E-state index in [0.717, 1.165) is 0 Å². The lowest BCUT2D eigenvalue weighted by molar-refractivity contribution is -0.145. The van der Waals surface area contributed by atoms with Crippen LogP contribution in [0.4, 0.5) is 0 Å². The summed E-state index contributed by atoms with van der Waals surface area (Å²) in [5, 5.41) is 4.03. The Balaban J connectivity index is 1.88. The first-order chi connectivity index (χ1) is 9.49. The second kappa shape index (κ2) is 4.29. The third-order valence-electron chi connectivity index (χ3n) is 3.28. The van der Waals surface area contributed by atoms with Gasteiger partial charge in [-0.3, -0.25) is 4.98 Å². The van der Waals surface area contributed by atoms with Crippen LogP contribution in [-0.4, -0.2) is 39.2 Å². The van der Waals surface area contributed by atoms with E-state index in [4.69, 9.17) is 9.47 Å². The van der Waals surface area contributed by atoms with Crippen LogP contribution < -0.4 is 0 Å². The van der Waals surface area contributed by atoms with Gasteiger partial charge in [0.2, 0.25) is 6.10 Å². The predicted molar refractivity (Wildman–Crippen MR) is 66.9 cm³/mol. The number of cyclic esters (lactones) is 1. The van der Waals surface area contributed by atoms with Gasteiger partial charge in [0.25, 0.3) is 0 Å². The van der Waals surface area contributed by atoms with Crippen molar-refractivity contribution in [1.82, 2.24) is 14.6 Å². The number of ether oxygens (including phenoxy) is 2. The molecule has 3 rings (SSSR count). The van der Waals surface area contributed by atoms with Crippen molar-refractivity contribution in [1.29, 1.82) is 0 Å². The lowest BCUT2D eigenvalue weighted by Gasteiger charge is -2.21. The number of fused-ring (bicyclic) bond motifs is 1. The summed E-state index contributed by atoms with van der Waals surface area (Å²) in [6.07, 6.45) is 5.20. The number of carbonyl (C=O) groups is 2. The van der Waals surface area contributed by atoms with Crippen molar-refractivity contribution in [2.45, 2.75) is 20.0 Å². The molecule has 7 nitrogen and oxygen atoms in total. The van der Waals surface area contributed by atoms with Gasteiger partial charge in [-0.1, -0.05) is 13.8 Å². The number of aromatic nitrogens is 3. The van der Waals surface area contributed by atoms with Crippen molar-refractivity contribution in [2.24, 2.45) is 5.41 Å². The van der Waals surface area contributed by atoms with Crippen LogP contribution in [0.15, 0.2) is 24.8 Å². The molecule has 104 valence electrons. The second-order valence-corrected chi connectivity index (χ2v) is 5.35. The molecule has 20 heavy (non-hydrogen) atoms. The Bertz CT molecular complexity index is 692. The summed E-state index contributed by atoms with van der Waals surface area (Å²) < 4.78 is 11.7. The van der Waals surface area contributed by atoms with Gasteiger partial charge in [0.15, 0.2) is 0 Å². The zero-order chi connectivity index (χ0) is 14.3. The van der Waals surface area contributed by atoms with Crippen LogP contribution in [0.5, 0.6) is 0 Å². The van der Waals surface area contributed by atoms with Crippen molar-refractivity contribution >= 4 is 17.5 Å². The van der Waals surface area contributed by atoms with Crippen LogP contribution in [0.3, 0.4) is 0 Å². The zero-order valence-electron chi connectivity index (χ0n) is 11.1. The van der Waals surface area contributed by atoms with Crippen molar-refractivity contribution in [3.05, 3.63) is 30.4 Å². The summed E-state index contributed by atoms with van der Waals surface area (Å²) in [6.45, 7) is 3.86. The Morgan fingerprint density at radius 2 is 2.30 bits per heavy atom. The van der Waals surface area contributed by atoms with Gasteiger partial charge in [-0.05, 0) is 0 Å². The minimum absolute atomic E-state index is 0.236. The van der Waals surface area contributed by atoms with E-state index in [0.29, 0.717) is 5.52 Å². The predicted octanol–water partition coefficient (Wildman–Crippen LogP) is 0.838. The summed E-state index contributed by atoms with van der Waals surface area (Å²) in [5.74, 6) is -1.12. The minimum Gasteiger partial charge on any atom is -0.462 e. The third-order valence-corrected chi connectivity index (χ3v) is 3.28. The molecule has 0 radical (unpaired) electrons. The van der Waals surface area contributed by atoms with Crippen molar-refractivity contribution in [3.8, 4) is 0 Å². The van der Waals surface area contributed by atoms with Crippen LogP contribution in [0, 0.1) is 5.41 Å². The number of nitrogens with zero attached hydrogens (tertiary/aromatic N) is 3. The fourth-order valence-electron chi connectivity index (χ4n) is 2.10. The summed E-state index contributed by atoms with van der Waals surface area (Å²) in [5.41, 5.74) is 0.267. The molecular formula is C13H13N3O4. The average Bonchev–Trinajstić information content (AvgIpc) is 2.95. The summed E-state index contributed by atoms with van der Waals surface area (Å²) in [6, 6.07) is 0. The molecule has 3 heterocycles. The maximum absolute atomic E-state index is 12.2. The molecule has 1 aliphatic heterocycles. The molecule has 0 spiro atoms. The van der Waals surface area contributed by atoms with Gasteiger partial charge < -0.3 is 9.47 Å². The van der Waals surface area contributed by atoms with Gasteiger partial charge >= 0.3 is 11.9 Å². The van der Waals surface area contributed by atoms with Crippen molar-refractivity contribution in [2.75, 3.05) is 6.61 Å². The Morgan fingerprint density at radius 1 is 1.50 bits per heavy atom. The van der Waals surface area contributed by atoms with Gasteiger partial charge in [-0.25, -0.2) is 14.1 Å². The van der Waals surface area contributed by atoms with Crippen LogP contribution in [0.25, 0.3) is 5.52 Å². The lowest BCUT2D eigenvalue weighted by atomic mass is 9.90. The number of hydrogen-bond acceptors (Lipinski definition) is 6. The van der Waals surface area contributed by atoms with Crippen LogP contribution in [-0.2, 0) is 14.3 Å². The van der Waals surface area contributed by atoms with Crippen molar-refractivity contribution in [3.63, 3.8) is 0 Å².